The van der Waals surface area contributed by atoms with Crippen LogP contribution in [0.4, 0.5) is 21.9 Å². The molecular weight excluding hydrogens is 250 g/mol. The third-order valence-corrected chi connectivity index (χ3v) is 3.53. The average molecular weight is 267 g/mol. The standard InChI is InChI=1S/C16H17N3O/c1-12-3-2-4-15(11-12)19-10-9-18(16(19)20)14-7-5-13(17)6-8-14/h2-8,11H,9-10,17H2,1H3. The van der Waals surface area contributed by atoms with Crippen LogP contribution in [0, 0.1) is 6.92 Å². The SMILES string of the molecule is Cc1cccc(N2CCN(c3ccc(N)cc3)C2=O)c1. The van der Waals surface area contributed by atoms with Crippen molar-refractivity contribution in [3.05, 3.63) is 54.1 Å². The van der Waals surface area contributed by atoms with E-state index in [1.807, 2.05) is 60.4 Å². The minimum atomic E-state index is 0.0142. The third-order valence-electron chi connectivity index (χ3n) is 3.53. The van der Waals surface area contributed by atoms with Gasteiger partial charge in [-0.25, -0.2) is 4.79 Å². The van der Waals surface area contributed by atoms with Crippen LogP contribution in [0.25, 0.3) is 0 Å². The molecule has 0 atom stereocenters. The zero-order chi connectivity index (χ0) is 14.1. The summed E-state index contributed by atoms with van der Waals surface area (Å²) in [6.45, 7) is 3.42. The maximum Gasteiger partial charge on any atom is 0.329 e. The Balaban J connectivity index is 1.85. The minimum absolute atomic E-state index is 0.0142. The summed E-state index contributed by atoms with van der Waals surface area (Å²) in [5, 5.41) is 0. The van der Waals surface area contributed by atoms with Gasteiger partial charge in [0.25, 0.3) is 0 Å². The largest absolute Gasteiger partial charge is 0.399 e. The third kappa shape index (κ3) is 2.20. The van der Waals surface area contributed by atoms with Gasteiger partial charge < -0.3 is 5.73 Å². The van der Waals surface area contributed by atoms with Gasteiger partial charge in [-0.05, 0) is 48.9 Å². The Bertz CT molecular complexity index is 636. The van der Waals surface area contributed by atoms with Crippen LogP contribution in [0.3, 0.4) is 0 Å². The maximum absolute atomic E-state index is 12.5. The lowest BCUT2D eigenvalue weighted by atomic mass is 10.2. The minimum Gasteiger partial charge on any atom is -0.399 e. The van der Waals surface area contributed by atoms with Crippen LogP contribution >= 0.6 is 0 Å². The molecule has 1 heterocycles. The fraction of sp³-hybridized carbons (Fsp3) is 0.188. The van der Waals surface area contributed by atoms with E-state index >= 15 is 0 Å². The second-order valence-corrected chi connectivity index (χ2v) is 5.02. The highest BCUT2D eigenvalue weighted by Gasteiger charge is 2.30. The van der Waals surface area contributed by atoms with Crippen molar-refractivity contribution in [3.8, 4) is 0 Å². The Kier molecular flexibility index (Phi) is 3.06. The number of urea groups is 1. The van der Waals surface area contributed by atoms with Gasteiger partial charge in [-0.3, -0.25) is 9.80 Å². The van der Waals surface area contributed by atoms with Crippen LogP contribution in [-0.2, 0) is 0 Å². The van der Waals surface area contributed by atoms with Crippen molar-refractivity contribution in [2.45, 2.75) is 6.92 Å². The van der Waals surface area contributed by atoms with Crippen LogP contribution in [0.5, 0.6) is 0 Å². The lowest BCUT2D eigenvalue weighted by Gasteiger charge is -2.19. The summed E-state index contributed by atoms with van der Waals surface area (Å²) in [4.78, 5) is 16.1. The van der Waals surface area contributed by atoms with E-state index in [1.54, 1.807) is 4.90 Å². The fourth-order valence-corrected chi connectivity index (χ4v) is 2.47. The summed E-state index contributed by atoms with van der Waals surface area (Å²) in [6.07, 6.45) is 0. The molecule has 20 heavy (non-hydrogen) atoms. The molecule has 0 bridgehead atoms. The Morgan fingerprint density at radius 1 is 0.950 bits per heavy atom. The first-order chi connectivity index (χ1) is 9.65. The molecule has 0 aliphatic carbocycles. The predicted octanol–water partition coefficient (Wildman–Crippen LogP) is 3.02. The second kappa shape index (κ2) is 4.89. The van der Waals surface area contributed by atoms with E-state index in [2.05, 4.69) is 0 Å². The highest BCUT2D eigenvalue weighted by atomic mass is 16.2. The van der Waals surface area contributed by atoms with Gasteiger partial charge in [0.1, 0.15) is 0 Å². The molecule has 102 valence electrons. The summed E-state index contributed by atoms with van der Waals surface area (Å²) < 4.78 is 0. The molecule has 0 spiro atoms. The Hall–Kier alpha value is -2.49. The number of nitrogen functional groups attached to an aromatic ring is 1. The van der Waals surface area contributed by atoms with Crippen LogP contribution in [-0.4, -0.2) is 19.1 Å². The topological polar surface area (TPSA) is 49.6 Å². The molecule has 0 radical (unpaired) electrons. The predicted molar refractivity (Wildman–Crippen MR) is 82.1 cm³/mol. The molecule has 4 nitrogen and oxygen atoms in total. The number of rotatable bonds is 2. The first-order valence-corrected chi connectivity index (χ1v) is 6.66. The molecule has 2 amide bonds. The lowest BCUT2D eigenvalue weighted by molar-refractivity contribution is 0.256. The Morgan fingerprint density at radius 2 is 1.60 bits per heavy atom. The van der Waals surface area contributed by atoms with E-state index in [0.29, 0.717) is 18.8 Å². The summed E-state index contributed by atoms with van der Waals surface area (Å²) in [5.74, 6) is 0. The van der Waals surface area contributed by atoms with Crippen molar-refractivity contribution in [1.29, 1.82) is 0 Å². The van der Waals surface area contributed by atoms with Crippen molar-refractivity contribution >= 4 is 23.1 Å². The normalized spacial score (nSPS) is 14.9. The van der Waals surface area contributed by atoms with Crippen LogP contribution in [0.15, 0.2) is 48.5 Å². The van der Waals surface area contributed by atoms with E-state index < -0.39 is 0 Å². The van der Waals surface area contributed by atoms with Crippen molar-refractivity contribution < 1.29 is 4.79 Å². The van der Waals surface area contributed by atoms with Gasteiger partial charge >= 0.3 is 6.03 Å². The molecule has 2 aromatic carbocycles. The maximum atomic E-state index is 12.5. The van der Waals surface area contributed by atoms with Gasteiger partial charge in [-0.2, -0.15) is 0 Å². The monoisotopic (exact) mass is 267 g/mol. The number of carbonyl (C=O) groups is 1. The second-order valence-electron chi connectivity index (χ2n) is 5.02. The zero-order valence-corrected chi connectivity index (χ0v) is 11.4. The summed E-state index contributed by atoms with van der Waals surface area (Å²) in [7, 11) is 0. The summed E-state index contributed by atoms with van der Waals surface area (Å²) in [6, 6.07) is 15.4. The molecule has 2 N–H and O–H groups in total. The lowest BCUT2D eigenvalue weighted by Crippen LogP contribution is -2.31. The van der Waals surface area contributed by atoms with E-state index in [9.17, 15) is 4.79 Å². The quantitative estimate of drug-likeness (QED) is 0.850. The molecule has 0 saturated carbocycles. The highest BCUT2D eigenvalue weighted by Crippen LogP contribution is 2.26. The van der Waals surface area contributed by atoms with Crippen LogP contribution in [0.2, 0.25) is 0 Å². The smallest absolute Gasteiger partial charge is 0.329 e. The number of carbonyl (C=O) groups excluding carboxylic acids is 1. The molecule has 2 aromatic rings. The van der Waals surface area contributed by atoms with Crippen molar-refractivity contribution in [2.24, 2.45) is 0 Å². The van der Waals surface area contributed by atoms with E-state index in [4.69, 9.17) is 5.73 Å². The zero-order valence-electron chi connectivity index (χ0n) is 11.4. The van der Waals surface area contributed by atoms with Gasteiger partial charge in [0.05, 0.1) is 0 Å². The fourth-order valence-electron chi connectivity index (χ4n) is 2.47. The summed E-state index contributed by atoms with van der Waals surface area (Å²) in [5.41, 5.74) is 9.38. The van der Waals surface area contributed by atoms with Gasteiger partial charge in [0.15, 0.2) is 0 Å². The summed E-state index contributed by atoms with van der Waals surface area (Å²) >= 11 is 0. The molecule has 3 rings (SSSR count). The number of hydrogen-bond acceptors (Lipinski definition) is 2. The van der Waals surface area contributed by atoms with Crippen molar-refractivity contribution in [1.82, 2.24) is 0 Å². The van der Waals surface area contributed by atoms with Crippen molar-refractivity contribution in [3.63, 3.8) is 0 Å². The molecule has 1 fully saturated rings. The molecule has 0 aromatic heterocycles. The number of nitrogens with two attached hydrogens (primary N) is 1. The Morgan fingerprint density at radius 3 is 2.25 bits per heavy atom. The van der Waals surface area contributed by atoms with E-state index in [-0.39, 0.29) is 6.03 Å². The average Bonchev–Trinajstić information content (AvgIpc) is 2.82. The molecule has 1 aliphatic heterocycles. The van der Waals surface area contributed by atoms with Gasteiger partial charge in [0, 0.05) is 30.2 Å². The number of aryl methyl sites for hydroxylation is 1. The number of benzene rings is 2. The first-order valence-electron chi connectivity index (χ1n) is 6.66. The van der Waals surface area contributed by atoms with Gasteiger partial charge in [0.2, 0.25) is 0 Å². The van der Waals surface area contributed by atoms with E-state index in [0.717, 1.165) is 16.9 Å². The van der Waals surface area contributed by atoms with Crippen LogP contribution in [0.1, 0.15) is 5.56 Å². The van der Waals surface area contributed by atoms with Crippen LogP contribution < -0.4 is 15.5 Å². The highest BCUT2D eigenvalue weighted by molar-refractivity contribution is 6.06. The Labute approximate surface area is 118 Å². The van der Waals surface area contributed by atoms with Gasteiger partial charge in [-0.1, -0.05) is 12.1 Å². The number of nitrogens with zero attached hydrogens (tertiary/aromatic N) is 2. The molecule has 0 unspecified atom stereocenters. The number of anilines is 3. The van der Waals surface area contributed by atoms with Gasteiger partial charge in [-0.15, -0.1) is 0 Å². The van der Waals surface area contributed by atoms with E-state index in [1.165, 1.54) is 0 Å². The number of hydrogen-bond donors (Lipinski definition) is 1. The molecular formula is C16H17N3O. The van der Waals surface area contributed by atoms with Crippen molar-refractivity contribution in [2.75, 3.05) is 28.6 Å². The first kappa shape index (κ1) is 12.5. The molecule has 1 saturated heterocycles. The number of amides is 2. The molecule has 1 aliphatic rings. The molecule has 4 heteroatoms.